The van der Waals surface area contributed by atoms with Gasteiger partial charge in [0.05, 0.1) is 52.9 Å². The van der Waals surface area contributed by atoms with Crippen molar-refractivity contribution in [1.82, 2.24) is 0 Å². The van der Waals surface area contributed by atoms with E-state index in [0.717, 1.165) is 6.61 Å². The van der Waals surface area contributed by atoms with Crippen LogP contribution in [0.4, 0.5) is 0 Å². The average molecular weight is 491 g/mol. The standard InChI is InChI=1S/C27H58O5Si/c1-5-6-7-8-9-10-11-12-13-14-15-16-17-18-19-28-20-21-29-22-23-30-24-25-31-26-27-32-33(2,3)4/h5-27H2,1-4H3. The van der Waals surface area contributed by atoms with Crippen LogP contribution in [0.5, 0.6) is 0 Å². The summed E-state index contributed by atoms with van der Waals surface area (Å²) in [6.45, 7) is 14.8. The summed E-state index contributed by atoms with van der Waals surface area (Å²) in [4.78, 5) is 0. The largest absolute Gasteiger partial charge is 0.415 e. The molecule has 0 radical (unpaired) electrons. The van der Waals surface area contributed by atoms with Crippen molar-refractivity contribution in [3.8, 4) is 0 Å². The minimum atomic E-state index is -1.42. The second-order valence-electron chi connectivity index (χ2n) is 10.0. The van der Waals surface area contributed by atoms with Crippen LogP contribution in [-0.2, 0) is 23.4 Å². The van der Waals surface area contributed by atoms with Crippen molar-refractivity contribution in [2.75, 3.05) is 59.5 Å². The molecule has 5 nitrogen and oxygen atoms in total. The topological polar surface area (TPSA) is 46.2 Å². The number of hydrogen-bond donors (Lipinski definition) is 0. The van der Waals surface area contributed by atoms with Gasteiger partial charge in [0.2, 0.25) is 0 Å². The summed E-state index contributed by atoms with van der Waals surface area (Å²) in [5.74, 6) is 0. The molecule has 0 aromatic carbocycles. The average Bonchev–Trinajstić information content (AvgIpc) is 2.78. The van der Waals surface area contributed by atoms with Crippen LogP contribution in [0, 0.1) is 0 Å². The summed E-state index contributed by atoms with van der Waals surface area (Å²) < 4.78 is 27.9. The van der Waals surface area contributed by atoms with Crippen molar-refractivity contribution >= 4 is 8.32 Å². The maximum atomic E-state index is 5.73. The number of unbranched alkanes of at least 4 members (excludes halogenated alkanes) is 13. The quantitative estimate of drug-likeness (QED) is 0.0845. The second kappa shape index (κ2) is 26.6. The highest BCUT2D eigenvalue weighted by Gasteiger charge is 2.12. The van der Waals surface area contributed by atoms with E-state index in [4.69, 9.17) is 23.4 Å². The fourth-order valence-electron chi connectivity index (χ4n) is 3.57. The van der Waals surface area contributed by atoms with Crippen molar-refractivity contribution in [1.29, 1.82) is 0 Å². The van der Waals surface area contributed by atoms with Crippen LogP contribution in [0.25, 0.3) is 0 Å². The van der Waals surface area contributed by atoms with Gasteiger partial charge in [-0.25, -0.2) is 0 Å². The van der Waals surface area contributed by atoms with Gasteiger partial charge < -0.3 is 23.4 Å². The van der Waals surface area contributed by atoms with Gasteiger partial charge in [-0.2, -0.15) is 0 Å². The van der Waals surface area contributed by atoms with E-state index in [1.165, 1.54) is 89.9 Å². The van der Waals surface area contributed by atoms with Crippen LogP contribution >= 0.6 is 0 Å². The van der Waals surface area contributed by atoms with E-state index in [1.807, 2.05) is 0 Å². The zero-order valence-electron chi connectivity index (χ0n) is 22.8. The fourth-order valence-corrected chi connectivity index (χ4v) is 4.26. The molecule has 0 heterocycles. The smallest absolute Gasteiger partial charge is 0.183 e. The number of ether oxygens (including phenoxy) is 4. The summed E-state index contributed by atoms with van der Waals surface area (Å²) in [6, 6.07) is 0. The molecule has 0 aromatic rings. The first-order chi connectivity index (χ1) is 16.1. The van der Waals surface area contributed by atoms with Crippen molar-refractivity contribution in [2.24, 2.45) is 0 Å². The Labute approximate surface area is 207 Å². The van der Waals surface area contributed by atoms with Crippen LogP contribution in [-0.4, -0.2) is 67.8 Å². The van der Waals surface area contributed by atoms with Gasteiger partial charge in [0, 0.05) is 6.61 Å². The van der Waals surface area contributed by atoms with Gasteiger partial charge >= 0.3 is 0 Å². The lowest BCUT2D eigenvalue weighted by Gasteiger charge is -2.16. The summed E-state index contributed by atoms with van der Waals surface area (Å²) in [6.07, 6.45) is 19.5. The third kappa shape index (κ3) is 32.0. The predicted molar refractivity (Wildman–Crippen MR) is 143 cm³/mol. The first kappa shape index (κ1) is 33.0. The molecule has 0 atom stereocenters. The molecule has 0 spiro atoms. The molecule has 0 aliphatic rings. The third-order valence-electron chi connectivity index (χ3n) is 5.52. The maximum absolute atomic E-state index is 5.73. The molecule has 0 rings (SSSR count). The van der Waals surface area contributed by atoms with E-state index in [0.29, 0.717) is 52.9 Å². The van der Waals surface area contributed by atoms with Crippen molar-refractivity contribution in [2.45, 2.75) is 116 Å². The first-order valence-electron chi connectivity index (χ1n) is 14.0. The highest BCUT2D eigenvalue weighted by molar-refractivity contribution is 6.69. The lowest BCUT2D eigenvalue weighted by Crippen LogP contribution is -2.27. The minimum Gasteiger partial charge on any atom is -0.415 e. The lowest BCUT2D eigenvalue weighted by molar-refractivity contribution is -0.00511. The van der Waals surface area contributed by atoms with Gasteiger partial charge in [-0.1, -0.05) is 90.4 Å². The molecule has 0 N–H and O–H groups in total. The van der Waals surface area contributed by atoms with Gasteiger partial charge in [0.25, 0.3) is 0 Å². The Bertz CT molecular complexity index is 363. The van der Waals surface area contributed by atoms with Gasteiger partial charge in [-0.3, -0.25) is 0 Å². The van der Waals surface area contributed by atoms with E-state index in [1.54, 1.807) is 0 Å². The summed E-state index contributed by atoms with van der Waals surface area (Å²) in [5, 5.41) is 0. The Morgan fingerprint density at radius 1 is 0.364 bits per heavy atom. The van der Waals surface area contributed by atoms with Gasteiger partial charge in [0.15, 0.2) is 8.32 Å². The van der Waals surface area contributed by atoms with E-state index in [-0.39, 0.29) is 0 Å². The molecule has 0 fully saturated rings. The Morgan fingerprint density at radius 2 is 0.667 bits per heavy atom. The Kier molecular flexibility index (Phi) is 26.6. The molecule has 0 saturated carbocycles. The van der Waals surface area contributed by atoms with Crippen molar-refractivity contribution in [3.05, 3.63) is 0 Å². The van der Waals surface area contributed by atoms with E-state index in [9.17, 15) is 0 Å². The van der Waals surface area contributed by atoms with Crippen molar-refractivity contribution < 1.29 is 23.4 Å². The van der Waals surface area contributed by atoms with Gasteiger partial charge in [-0.05, 0) is 26.1 Å². The molecule has 0 aliphatic carbocycles. The van der Waals surface area contributed by atoms with E-state index < -0.39 is 8.32 Å². The molecule has 0 aromatic heterocycles. The fraction of sp³-hybridized carbons (Fsp3) is 1.00. The zero-order chi connectivity index (χ0) is 24.3. The van der Waals surface area contributed by atoms with Crippen LogP contribution in [0.1, 0.15) is 96.8 Å². The molecule has 0 unspecified atom stereocenters. The highest BCUT2D eigenvalue weighted by Crippen LogP contribution is 2.12. The third-order valence-corrected chi connectivity index (χ3v) is 6.59. The molecule has 0 amide bonds. The van der Waals surface area contributed by atoms with Gasteiger partial charge in [-0.15, -0.1) is 0 Å². The summed E-state index contributed by atoms with van der Waals surface area (Å²) in [5.41, 5.74) is 0. The summed E-state index contributed by atoms with van der Waals surface area (Å²) in [7, 11) is -1.42. The van der Waals surface area contributed by atoms with Crippen molar-refractivity contribution in [3.63, 3.8) is 0 Å². The molecule has 0 aliphatic heterocycles. The number of hydrogen-bond acceptors (Lipinski definition) is 5. The monoisotopic (exact) mass is 490 g/mol. The summed E-state index contributed by atoms with van der Waals surface area (Å²) >= 11 is 0. The SMILES string of the molecule is CCCCCCCCCCCCCCCCOCCOCCOCCOCCO[Si](C)(C)C. The van der Waals surface area contributed by atoms with Crippen LogP contribution < -0.4 is 0 Å². The minimum absolute atomic E-state index is 0.603. The normalized spacial score (nSPS) is 12.0. The molecular weight excluding hydrogens is 432 g/mol. The molecular formula is C27H58O5Si. The molecule has 0 bridgehead atoms. The van der Waals surface area contributed by atoms with Crippen LogP contribution in [0.2, 0.25) is 19.6 Å². The zero-order valence-corrected chi connectivity index (χ0v) is 23.8. The molecule has 0 saturated heterocycles. The first-order valence-corrected chi connectivity index (χ1v) is 17.4. The molecule has 200 valence electrons. The van der Waals surface area contributed by atoms with Gasteiger partial charge in [0.1, 0.15) is 0 Å². The van der Waals surface area contributed by atoms with Crippen LogP contribution in [0.3, 0.4) is 0 Å². The number of rotatable bonds is 28. The van der Waals surface area contributed by atoms with Crippen LogP contribution in [0.15, 0.2) is 0 Å². The van der Waals surface area contributed by atoms with E-state index >= 15 is 0 Å². The Morgan fingerprint density at radius 3 is 1.03 bits per heavy atom. The lowest BCUT2D eigenvalue weighted by atomic mass is 10.0. The predicted octanol–water partition coefficient (Wildman–Crippen LogP) is 7.39. The highest BCUT2D eigenvalue weighted by atomic mass is 28.4. The molecule has 33 heavy (non-hydrogen) atoms. The second-order valence-corrected chi connectivity index (χ2v) is 14.5. The Balaban J connectivity index is 3.03. The van der Waals surface area contributed by atoms with E-state index in [2.05, 4.69) is 26.6 Å². The maximum Gasteiger partial charge on any atom is 0.183 e. The molecule has 6 heteroatoms. The Hall–Kier alpha value is 0.0169.